The first-order valence-electron chi connectivity index (χ1n) is 13.9. The van der Waals surface area contributed by atoms with Gasteiger partial charge in [0.15, 0.2) is 6.20 Å². The van der Waals surface area contributed by atoms with E-state index in [2.05, 4.69) is 153 Å². The first-order chi connectivity index (χ1) is 19.3. The molecule has 1 aliphatic rings. The quantitative estimate of drug-likeness (QED) is 0.213. The van der Waals surface area contributed by atoms with Crippen LogP contribution in [0.25, 0.3) is 39.0 Å². The van der Waals surface area contributed by atoms with Crippen LogP contribution in [0.15, 0.2) is 109 Å². The van der Waals surface area contributed by atoms with E-state index in [4.69, 9.17) is 4.74 Å². The van der Waals surface area contributed by atoms with E-state index in [0.717, 1.165) is 22.8 Å². The summed E-state index contributed by atoms with van der Waals surface area (Å²) in [6.07, 6.45) is 2.21. The van der Waals surface area contributed by atoms with Gasteiger partial charge in [-0.2, -0.15) is 0 Å². The van der Waals surface area contributed by atoms with Gasteiger partial charge in [0.25, 0.3) is 0 Å². The largest absolute Gasteiger partial charge is 0.440 e. The molecule has 0 unspecified atom stereocenters. The molecule has 3 heteroatoms. The highest BCUT2D eigenvalue weighted by molar-refractivity contribution is 6.02. The Morgan fingerprint density at radius 1 is 0.750 bits per heavy atom. The second-order valence-corrected chi connectivity index (χ2v) is 11.5. The third kappa shape index (κ3) is 3.61. The highest BCUT2D eigenvalue weighted by Gasteiger charge is 2.41. The number of ether oxygens (including phenoxy) is 1. The summed E-state index contributed by atoms with van der Waals surface area (Å²) in [5.41, 5.74) is 11.7. The van der Waals surface area contributed by atoms with Gasteiger partial charge in [-0.25, -0.2) is 4.57 Å². The van der Waals surface area contributed by atoms with Crippen molar-refractivity contribution in [2.45, 2.75) is 33.1 Å². The van der Waals surface area contributed by atoms with Crippen LogP contribution in [0.2, 0.25) is 0 Å². The minimum atomic E-state index is -0.267. The Morgan fingerprint density at radius 3 is 2.30 bits per heavy atom. The third-order valence-electron chi connectivity index (χ3n) is 8.44. The topological polar surface area (TPSA) is 18.0 Å². The van der Waals surface area contributed by atoms with Crippen molar-refractivity contribution in [3.8, 4) is 39.7 Å². The third-order valence-corrected chi connectivity index (χ3v) is 8.44. The smallest absolute Gasteiger partial charge is 0.213 e. The number of rotatable bonds is 3. The molecular weight excluding hydrogens is 488 g/mol. The van der Waals surface area contributed by atoms with E-state index in [1.165, 1.54) is 50.0 Å². The standard InChI is InChI=1S/C37H33N2O/c1-24-18-20-30(38(5)23-24)33-25(2)19-21-31-34(33)35-36(40-32-17-10-9-16-29(32)37(35,3)4)39(31)28-15-11-14-27(22-28)26-12-7-6-8-13-26/h6-23H,1-5H3/q+1. The van der Waals surface area contributed by atoms with Crippen LogP contribution in [-0.4, -0.2) is 4.57 Å². The number of aryl methyl sites for hydroxylation is 3. The maximum absolute atomic E-state index is 6.87. The first kappa shape index (κ1) is 24.4. The maximum atomic E-state index is 6.87. The van der Waals surface area contributed by atoms with Gasteiger partial charge in [0.1, 0.15) is 12.8 Å². The number of aromatic nitrogens is 2. The van der Waals surface area contributed by atoms with Gasteiger partial charge in [-0.05, 0) is 60.9 Å². The highest BCUT2D eigenvalue weighted by Crippen LogP contribution is 2.54. The first-order valence-corrected chi connectivity index (χ1v) is 13.9. The van der Waals surface area contributed by atoms with Crippen molar-refractivity contribution in [2.24, 2.45) is 7.05 Å². The lowest BCUT2D eigenvalue weighted by atomic mass is 9.75. The van der Waals surface area contributed by atoms with Crippen molar-refractivity contribution in [1.82, 2.24) is 4.57 Å². The van der Waals surface area contributed by atoms with E-state index >= 15 is 0 Å². The number of para-hydroxylation sites is 1. The summed E-state index contributed by atoms with van der Waals surface area (Å²) < 4.78 is 11.4. The molecule has 2 aromatic heterocycles. The molecule has 6 aromatic rings. The summed E-state index contributed by atoms with van der Waals surface area (Å²) in [6, 6.07) is 36.8. The summed E-state index contributed by atoms with van der Waals surface area (Å²) in [5, 5.41) is 1.25. The zero-order valence-corrected chi connectivity index (χ0v) is 23.7. The zero-order chi connectivity index (χ0) is 27.6. The Labute approximate surface area is 235 Å². The Balaban J connectivity index is 1.60. The Kier molecular flexibility index (Phi) is 5.47. The molecule has 0 aliphatic carbocycles. The van der Waals surface area contributed by atoms with Crippen molar-refractivity contribution in [3.05, 3.63) is 132 Å². The average Bonchev–Trinajstić information content (AvgIpc) is 3.29. The van der Waals surface area contributed by atoms with Gasteiger partial charge in [0.2, 0.25) is 11.6 Å². The average molecular weight is 522 g/mol. The molecular formula is C37H33N2O+. The fourth-order valence-corrected chi connectivity index (χ4v) is 6.50. The molecule has 196 valence electrons. The van der Waals surface area contributed by atoms with Gasteiger partial charge in [-0.3, -0.25) is 4.57 Å². The summed E-state index contributed by atoms with van der Waals surface area (Å²) >= 11 is 0. The zero-order valence-electron chi connectivity index (χ0n) is 23.7. The summed E-state index contributed by atoms with van der Waals surface area (Å²) in [4.78, 5) is 0. The number of nitrogens with zero attached hydrogens (tertiary/aromatic N) is 2. The predicted octanol–water partition coefficient (Wildman–Crippen LogP) is 8.84. The van der Waals surface area contributed by atoms with Crippen LogP contribution in [0.5, 0.6) is 11.6 Å². The molecule has 4 aromatic carbocycles. The molecule has 0 bridgehead atoms. The van der Waals surface area contributed by atoms with Gasteiger partial charge in [-0.1, -0.05) is 80.6 Å². The number of hydrogen-bond acceptors (Lipinski definition) is 1. The molecule has 3 nitrogen and oxygen atoms in total. The fourth-order valence-electron chi connectivity index (χ4n) is 6.50. The Bertz CT molecular complexity index is 1930. The SMILES string of the molecule is Cc1ccc(-c2c(C)ccc3c2c2c(n3-c3cccc(-c4ccccc4)c3)Oc3ccccc3C2(C)C)[n+](C)c1. The fraction of sp³-hybridized carbons (Fsp3) is 0.162. The molecule has 0 atom stereocenters. The minimum absolute atomic E-state index is 0.267. The lowest BCUT2D eigenvalue weighted by molar-refractivity contribution is -0.660. The molecule has 0 radical (unpaired) electrons. The van der Waals surface area contributed by atoms with Gasteiger partial charge in [-0.15, -0.1) is 0 Å². The summed E-state index contributed by atoms with van der Waals surface area (Å²) in [5.74, 6) is 1.81. The molecule has 0 saturated carbocycles. The molecule has 0 spiro atoms. The van der Waals surface area contributed by atoms with Crippen LogP contribution in [-0.2, 0) is 12.5 Å². The summed E-state index contributed by atoms with van der Waals surface area (Å²) in [7, 11) is 2.14. The van der Waals surface area contributed by atoms with E-state index in [0.29, 0.717) is 0 Å². The summed E-state index contributed by atoms with van der Waals surface area (Å²) in [6.45, 7) is 9.03. The van der Waals surface area contributed by atoms with Crippen LogP contribution >= 0.6 is 0 Å². The van der Waals surface area contributed by atoms with Crippen LogP contribution in [0.1, 0.15) is 36.1 Å². The minimum Gasteiger partial charge on any atom is -0.440 e. The molecule has 3 heterocycles. The molecule has 0 fully saturated rings. The van der Waals surface area contributed by atoms with E-state index in [-0.39, 0.29) is 5.41 Å². The van der Waals surface area contributed by atoms with Gasteiger partial charge >= 0.3 is 0 Å². The number of pyridine rings is 1. The van der Waals surface area contributed by atoms with Crippen molar-refractivity contribution < 1.29 is 9.30 Å². The van der Waals surface area contributed by atoms with Crippen molar-refractivity contribution in [1.29, 1.82) is 0 Å². The second kappa shape index (κ2) is 8.96. The molecule has 0 N–H and O–H groups in total. The molecule has 40 heavy (non-hydrogen) atoms. The van der Waals surface area contributed by atoms with E-state index in [1.54, 1.807) is 0 Å². The highest BCUT2D eigenvalue weighted by atomic mass is 16.5. The van der Waals surface area contributed by atoms with Crippen LogP contribution in [0, 0.1) is 13.8 Å². The Morgan fingerprint density at radius 2 is 1.50 bits per heavy atom. The predicted molar refractivity (Wildman–Crippen MR) is 163 cm³/mol. The van der Waals surface area contributed by atoms with Crippen molar-refractivity contribution in [3.63, 3.8) is 0 Å². The molecule has 0 amide bonds. The van der Waals surface area contributed by atoms with Crippen LogP contribution in [0.4, 0.5) is 0 Å². The van der Waals surface area contributed by atoms with Crippen LogP contribution in [0.3, 0.4) is 0 Å². The number of benzene rings is 4. The Hall–Kier alpha value is -4.63. The number of fused-ring (bicyclic) bond motifs is 4. The van der Waals surface area contributed by atoms with E-state index < -0.39 is 0 Å². The van der Waals surface area contributed by atoms with Crippen molar-refractivity contribution in [2.75, 3.05) is 0 Å². The van der Waals surface area contributed by atoms with Gasteiger partial charge in [0.05, 0.1) is 11.1 Å². The van der Waals surface area contributed by atoms with Gasteiger partial charge < -0.3 is 4.74 Å². The number of hydrogen-bond donors (Lipinski definition) is 0. The molecule has 0 saturated heterocycles. The van der Waals surface area contributed by atoms with Gasteiger partial charge in [0, 0.05) is 39.2 Å². The maximum Gasteiger partial charge on any atom is 0.213 e. The van der Waals surface area contributed by atoms with Crippen LogP contribution < -0.4 is 9.30 Å². The molecule has 1 aliphatic heterocycles. The lowest BCUT2D eigenvalue weighted by Crippen LogP contribution is -2.31. The van der Waals surface area contributed by atoms with E-state index in [1.807, 2.05) is 0 Å². The lowest BCUT2D eigenvalue weighted by Gasteiger charge is -2.33. The monoisotopic (exact) mass is 521 g/mol. The van der Waals surface area contributed by atoms with E-state index in [9.17, 15) is 0 Å². The van der Waals surface area contributed by atoms with Crippen molar-refractivity contribution >= 4 is 10.9 Å². The normalized spacial score (nSPS) is 13.5. The second-order valence-electron chi connectivity index (χ2n) is 11.5. The molecule has 7 rings (SSSR count).